The molecule has 112 valence electrons. The predicted octanol–water partition coefficient (Wildman–Crippen LogP) is 0.407. The Morgan fingerprint density at radius 2 is 2.05 bits per heavy atom. The minimum Gasteiger partial charge on any atom is -0.340 e. The molecule has 1 aliphatic heterocycles. The van der Waals surface area contributed by atoms with E-state index < -0.39 is 17.9 Å². The molecule has 2 heterocycles. The molecule has 1 saturated heterocycles. The molecule has 7 nitrogen and oxygen atoms in total. The summed E-state index contributed by atoms with van der Waals surface area (Å²) in [6, 6.07) is 8.69. The summed E-state index contributed by atoms with van der Waals surface area (Å²) in [5, 5.41) is 8.95. The normalized spacial score (nSPS) is 17.9. The van der Waals surface area contributed by atoms with Crippen LogP contribution in [-0.4, -0.2) is 33.5 Å². The number of aromatic nitrogens is 2. The van der Waals surface area contributed by atoms with E-state index in [2.05, 4.69) is 15.7 Å². The predicted molar refractivity (Wildman–Crippen MR) is 77.2 cm³/mol. The second kappa shape index (κ2) is 5.80. The lowest BCUT2D eigenvalue weighted by Gasteiger charge is -2.21. The Balaban J connectivity index is 1.70. The number of piperidine rings is 1. The summed E-state index contributed by atoms with van der Waals surface area (Å²) >= 11 is 0. The summed E-state index contributed by atoms with van der Waals surface area (Å²) in [5.74, 6) is -1.18. The number of benzene rings is 1. The fourth-order valence-electron chi connectivity index (χ4n) is 2.23. The van der Waals surface area contributed by atoms with Crippen molar-refractivity contribution in [1.82, 2.24) is 20.4 Å². The van der Waals surface area contributed by atoms with Crippen LogP contribution in [0.4, 0.5) is 0 Å². The van der Waals surface area contributed by atoms with E-state index in [1.165, 1.54) is 6.20 Å². The van der Waals surface area contributed by atoms with Gasteiger partial charge in [-0.05, 0) is 18.6 Å². The second-order valence-corrected chi connectivity index (χ2v) is 4.99. The number of carbonyl (C=O) groups is 3. The molecule has 0 aliphatic carbocycles. The average molecular weight is 298 g/mol. The molecule has 2 aromatic rings. The number of carbonyl (C=O) groups excluding carboxylic acids is 3. The maximum Gasteiger partial charge on any atom is 0.255 e. The molecule has 22 heavy (non-hydrogen) atoms. The highest BCUT2D eigenvalue weighted by Gasteiger charge is 2.28. The molecule has 0 spiro atoms. The summed E-state index contributed by atoms with van der Waals surface area (Å²) in [4.78, 5) is 34.9. The van der Waals surface area contributed by atoms with E-state index in [-0.39, 0.29) is 12.3 Å². The fourth-order valence-corrected chi connectivity index (χ4v) is 2.23. The standard InChI is InChI=1S/C15H14N4O3/c20-13-7-6-12(15(22)18-13)17-14(21)10-8-16-19(9-10)11-4-2-1-3-5-11/h1-5,8-9,12H,6-7H2,(H,17,21)(H,18,20,22). The van der Waals surface area contributed by atoms with Gasteiger partial charge in [0.1, 0.15) is 6.04 Å². The van der Waals surface area contributed by atoms with Gasteiger partial charge in [0.15, 0.2) is 0 Å². The number of hydrogen-bond acceptors (Lipinski definition) is 4. The lowest BCUT2D eigenvalue weighted by Crippen LogP contribution is -2.52. The first kappa shape index (κ1) is 14.0. The highest BCUT2D eigenvalue weighted by molar-refractivity contribution is 6.03. The zero-order valence-corrected chi connectivity index (χ0v) is 11.7. The van der Waals surface area contributed by atoms with Crippen molar-refractivity contribution in [2.24, 2.45) is 0 Å². The summed E-state index contributed by atoms with van der Waals surface area (Å²) in [6.07, 6.45) is 3.56. The molecular formula is C15H14N4O3. The zero-order valence-electron chi connectivity index (χ0n) is 11.7. The van der Waals surface area contributed by atoms with Crippen LogP contribution in [0.1, 0.15) is 23.2 Å². The Morgan fingerprint density at radius 1 is 1.27 bits per heavy atom. The third-order valence-electron chi connectivity index (χ3n) is 3.41. The minimum atomic E-state index is -0.690. The van der Waals surface area contributed by atoms with Crippen molar-refractivity contribution < 1.29 is 14.4 Å². The van der Waals surface area contributed by atoms with E-state index in [0.29, 0.717) is 12.0 Å². The number of rotatable bonds is 3. The third kappa shape index (κ3) is 2.88. The van der Waals surface area contributed by atoms with E-state index in [1.54, 1.807) is 10.9 Å². The van der Waals surface area contributed by atoms with Gasteiger partial charge in [-0.15, -0.1) is 0 Å². The van der Waals surface area contributed by atoms with Gasteiger partial charge in [0.05, 0.1) is 17.4 Å². The molecule has 0 saturated carbocycles. The van der Waals surface area contributed by atoms with Gasteiger partial charge >= 0.3 is 0 Å². The average Bonchev–Trinajstić information content (AvgIpc) is 3.01. The highest BCUT2D eigenvalue weighted by atomic mass is 16.2. The highest BCUT2D eigenvalue weighted by Crippen LogP contribution is 2.09. The smallest absolute Gasteiger partial charge is 0.255 e. The number of hydrogen-bond donors (Lipinski definition) is 2. The SMILES string of the molecule is O=C1CCC(NC(=O)c2cnn(-c3ccccc3)c2)C(=O)N1. The van der Waals surface area contributed by atoms with Crippen LogP contribution in [0.2, 0.25) is 0 Å². The molecule has 3 rings (SSSR count). The minimum absolute atomic E-state index is 0.222. The van der Waals surface area contributed by atoms with Gasteiger partial charge in [-0.1, -0.05) is 18.2 Å². The molecule has 0 bridgehead atoms. The molecule has 3 amide bonds. The zero-order chi connectivity index (χ0) is 15.5. The van der Waals surface area contributed by atoms with E-state index in [0.717, 1.165) is 5.69 Å². The van der Waals surface area contributed by atoms with Crippen molar-refractivity contribution in [2.75, 3.05) is 0 Å². The number of amides is 3. The molecule has 1 fully saturated rings. The lowest BCUT2D eigenvalue weighted by atomic mass is 10.1. The topological polar surface area (TPSA) is 93.1 Å². The Morgan fingerprint density at radius 3 is 2.77 bits per heavy atom. The Hall–Kier alpha value is -2.96. The molecule has 1 aromatic heterocycles. The fraction of sp³-hybridized carbons (Fsp3) is 0.200. The van der Waals surface area contributed by atoms with Crippen molar-refractivity contribution in [2.45, 2.75) is 18.9 Å². The second-order valence-electron chi connectivity index (χ2n) is 4.99. The molecule has 1 unspecified atom stereocenters. The maximum atomic E-state index is 12.2. The first-order valence-electron chi connectivity index (χ1n) is 6.88. The Labute approximate surface area is 126 Å². The van der Waals surface area contributed by atoms with Gasteiger partial charge in [0, 0.05) is 12.6 Å². The first-order chi connectivity index (χ1) is 10.6. The van der Waals surface area contributed by atoms with Crippen molar-refractivity contribution in [1.29, 1.82) is 0 Å². The maximum absolute atomic E-state index is 12.2. The first-order valence-corrected chi connectivity index (χ1v) is 6.88. The monoisotopic (exact) mass is 298 g/mol. The molecule has 2 N–H and O–H groups in total. The molecule has 7 heteroatoms. The van der Waals surface area contributed by atoms with E-state index in [9.17, 15) is 14.4 Å². The van der Waals surface area contributed by atoms with E-state index in [1.807, 2.05) is 30.3 Å². The summed E-state index contributed by atoms with van der Waals surface area (Å²) in [6.45, 7) is 0. The molecule has 1 aliphatic rings. The van der Waals surface area contributed by atoms with Gasteiger partial charge in [-0.3, -0.25) is 19.7 Å². The van der Waals surface area contributed by atoms with Crippen molar-refractivity contribution >= 4 is 17.7 Å². The van der Waals surface area contributed by atoms with Crippen LogP contribution in [0, 0.1) is 0 Å². The van der Waals surface area contributed by atoms with Gasteiger partial charge in [-0.25, -0.2) is 4.68 Å². The van der Waals surface area contributed by atoms with Crippen LogP contribution in [0.3, 0.4) is 0 Å². The number of imide groups is 1. The Kier molecular flexibility index (Phi) is 3.69. The van der Waals surface area contributed by atoms with Crippen molar-refractivity contribution in [3.05, 3.63) is 48.3 Å². The van der Waals surface area contributed by atoms with Crippen molar-refractivity contribution in [3.63, 3.8) is 0 Å². The Bertz CT molecular complexity index is 723. The number of nitrogens with one attached hydrogen (secondary N) is 2. The number of nitrogens with zero attached hydrogens (tertiary/aromatic N) is 2. The van der Waals surface area contributed by atoms with Crippen LogP contribution in [0.25, 0.3) is 5.69 Å². The summed E-state index contributed by atoms with van der Waals surface area (Å²) in [5.41, 5.74) is 1.19. The molecule has 1 atom stereocenters. The van der Waals surface area contributed by atoms with E-state index in [4.69, 9.17) is 0 Å². The molecule has 1 aromatic carbocycles. The molecule has 0 radical (unpaired) electrons. The van der Waals surface area contributed by atoms with Crippen LogP contribution in [0.15, 0.2) is 42.7 Å². The number of para-hydroxylation sites is 1. The van der Waals surface area contributed by atoms with Crippen LogP contribution in [0.5, 0.6) is 0 Å². The summed E-state index contributed by atoms with van der Waals surface area (Å²) in [7, 11) is 0. The van der Waals surface area contributed by atoms with Crippen LogP contribution < -0.4 is 10.6 Å². The largest absolute Gasteiger partial charge is 0.340 e. The van der Waals surface area contributed by atoms with Crippen LogP contribution >= 0.6 is 0 Å². The van der Waals surface area contributed by atoms with Gasteiger partial charge < -0.3 is 5.32 Å². The third-order valence-corrected chi connectivity index (χ3v) is 3.41. The van der Waals surface area contributed by atoms with Gasteiger partial charge in [-0.2, -0.15) is 5.10 Å². The quantitative estimate of drug-likeness (QED) is 0.803. The lowest BCUT2D eigenvalue weighted by molar-refractivity contribution is -0.134. The molecular weight excluding hydrogens is 284 g/mol. The van der Waals surface area contributed by atoms with Gasteiger partial charge in [0.2, 0.25) is 11.8 Å². The van der Waals surface area contributed by atoms with E-state index >= 15 is 0 Å². The van der Waals surface area contributed by atoms with Gasteiger partial charge in [0.25, 0.3) is 5.91 Å². The summed E-state index contributed by atoms with van der Waals surface area (Å²) < 4.78 is 1.58. The van der Waals surface area contributed by atoms with Crippen molar-refractivity contribution in [3.8, 4) is 5.69 Å². The van der Waals surface area contributed by atoms with Crippen LogP contribution in [-0.2, 0) is 9.59 Å².